The van der Waals surface area contributed by atoms with Crippen molar-refractivity contribution < 1.29 is 18.0 Å². The second-order valence-electron chi connectivity index (χ2n) is 7.61. The van der Waals surface area contributed by atoms with E-state index in [0.717, 1.165) is 17.7 Å². The van der Waals surface area contributed by atoms with Crippen LogP contribution in [0.3, 0.4) is 0 Å². The molecule has 0 aliphatic heterocycles. The number of carbonyl (C=O) groups excluding carboxylic acids is 1. The van der Waals surface area contributed by atoms with E-state index >= 15 is 0 Å². The van der Waals surface area contributed by atoms with E-state index in [4.69, 9.17) is 0 Å². The molecule has 0 spiro atoms. The first-order valence-corrected chi connectivity index (χ1v) is 10.2. The molecule has 33 heavy (non-hydrogen) atoms. The van der Waals surface area contributed by atoms with Gasteiger partial charge in [-0.15, -0.1) is 0 Å². The largest absolute Gasteiger partial charge is 0.416 e. The van der Waals surface area contributed by atoms with Crippen molar-refractivity contribution in [2.24, 2.45) is 0 Å². The lowest BCUT2D eigenvalue weighted by Gasteiger charge is -2.17. The summed E-state index contributed by atoms with van der Waals surface area (Å²) in [6.07, 6.45) is -4.39. The van der Waals surface area contributed by atoms with E-state index in [-0.39, 0.29) is 23.1 Å². The zero-order valence-corrected chi connectivity index (χ0v) is 17.5. The molecule has 0 radical (unpaired) electrons. The number of fused-ring (bicyclic) bond motifs is 1. The van der Waals surface area contributed by atoms with Crippen molar-refractivity contribution in [1.82, 2.24) is 10.3 Å². The highest BCUT2D eigenvalue weighted by molar-refractivity contribution is 6.06. The zero-order chi connectivity index (χ0) is 23.6. The molecule has 0 aliphatic rings. The van der Waals surface area contributed by atoms with Crippen LogP contribution in [0.15, 0.2) is 83.7 Å². The van der Waals surface area contributed by atoms with Crippen LogP contribution in [-0.2, 0) is 6.18 Å². The van der Waals surface area contributed by atoms with Gasteiger partial charge >= 0.3 is 6.18 Å². The average Bonchev–Trinajstić information content (AvgIpc) is 2.78. The van der Waals surface area contributed by atoms with Crippen molar-refractivity contribution in [3.8, 4) is 0 Å². The number of benzene rings is 3. The minimum absolute atomic E-state index is 0.278. The van der Waals surface area contributed by atoms with Crippen LogP contribution in [0, 0.1) is 0 Å². The normalized spacial score (nSPS) is 12.4. The molecule has 5 nitrogen and oxygen atoms in total. The summed E-state index contributed by atoms with van der Waals surface area (Å²) in [5.74, 6) is -0.383. The molecule has 0 fully saturated rings. The number of rotatable bonds is 5. The van der Waals surface area contributed by atoms with Gasteiger partial charge in [0, 0.05) is 28.3 Å². The third-order valence-corrected chi connectivity index (χ3v) is 5.23. The SMILES string of the molecule is CC(NC(=O)c1cc(=O)[nH]c2ccccc12)c1cccc(Nc2ccc(C(F)(F)F)cc2)c1. The van der Waals surface area contributed by atoms with E-state index in [1.165, 1.54) is 18.2 Å². The van der Waals surface area contributed by atoms with E-state index in [2.05, 4.69) is 15.6 Å². The number of halogens is 3. The Labute approximate surface area is 187 Å². The molecule has 3 aromatic carbocycles. The molecule has 0 saturated carbocycles. The third kappa shape index (κ3) is 5.06. The third-order valence-electron chi connectivity index (χ3n) is 5.23. The van der Waals surface area contributed by atoms with Gasteiger partial charge in [-0.25, -0.2) is 0 Å². The molecule has 1 atom stereocenters. The maximum Gasteiger partial charge on any atom is 0.416 e. The van der Waals surface area contributed by atoms with E-state index in [0.29, 0.717) is 22.3 Å². The van der Waals surface area contributed by atoms with E-state index < -0.39 is 11.7 Å². The first kappa shape index (κ1) is 22.1. The van der Waals surface area contributed by atoms with Gasteiger partial charge in [0.25, 0.3) is 5.91 Å². The number of anilines is 2. The molecule has 0 saturated heterocycles. The van der Waals surface area contributed by atoms with Crippen molar-refractivity contribution in [1.29, 1.82) is 0 Å². The van der Waals surface area contributed by atoms with Gasteiger partial charge in [0.2, 0.25) is 5.56 Å². The Morgan fingerprint density at radius 1 is 0.909 bits per heavy atom. The second kappa shape index (κ2) is 8.82. The first-order valence-electron chi connectivity index (χ1n) is 10.2. The van der Waals surface area contributed by atoms with Crippen molar-refractivity contribution >= 4 is 28.2 Å². The topological polar surface area (TPSA) is 74.0 Å². The highest BCUT2D eigenvalue weighted by Gasteiger charge is 2.29. The highest BCUT2D eigenvalue weighted by atomic mass is 19.4. The maximum atomic E-state index is 12.9. The van der Waals surface area contributed by atoms with Crippen LogP contribution in [0.2, 0.25) is 0 Å². The minimum atomic E-state index is -4.39. The number of H-pyrrole nitrogens is 1. The molecule has 168 valence electrons. The van der Waals surface area contributed by atoms with Crippen LogP contribution in [0.5, 0.6) is 0 Å². The Hall–Kier alpha value is -4.07. The number of alkyl halides is 3. The van der Waals surface area contributed by atoms with E-state index in [1.54, 1.807) is 42.5 Å². The van der Waals surface area contributed by atoms with Crippen molar-refractivity contribution in [2.75, 3.05) is 5.32 Å². The zero-order valence-electron chi connectivity index (χ0n) is 17.5. The van der Waals surface area contributed by atoms with E-state index in [9.17, 15) is 22.8 Å². The van der Waals surface area contributed by atoms with Gasteiger partial charge in [-0.2, -0.15) is 13.2 Å². The van der Waals surface area contributed by atoms with Crippen molar-refractivity contribution in [3.05, 3.63) is 106 Å². The Bertz CT molecular complexity index is 1360. The van der Waals surface area contributed by atoms with Gasteiger partial charge in [0.15, 0.2) is 0 Å². The van der Waals surface area contributed by atoms with Crippen LogP contribution in [0.25, 0.3) is 10.9 Å². The van der Waals surface area contributed by atoms with Gasteiger partial charge in [0.05, 0.1) is 17.2 Å². The Morgan fingerprint density at radius 2 is 1.64 bits per heavy atom. The Kier molecular flexibility index (Phi) is 5.91. The molecule has 8 heteroatoms. The number of pyridine rings is 1. The molecule has 0 aliphatic carbocycles. The van der Waals surface area contributed by atoms with Gasteiger partial charge in [-0.1, -0.05) is 30.3 Å². The number of hydrogen-bond acceptors (Lipinski definition) is 3. The van der Waals surface area contributed by atoms with Gasteiger partial charge in [-0.3, -0.25) is 9.59 Å². The lowest BCUT2D eigenvalue weighted by Crippen LogP contribution is -2.28. The van der Waals surface area contributed by atoms with E-state index in [1.807, 2.05) is 13.0 Å². The smallest absolute Gasteiger partial charge is 0.356 e. The molecule has 4 aromatic rings. The van der Waals surface area contributed by atoms with Crippen molar-refractivity contribution in [3.63, 3.8) is 0 Å². The minimum Gasteiger partial charge on any atom is -0.356 e. The lowest BCUT2D eigenvalue weighted by molar-refractivity contribution is -0.137. The summed E-state index contributed by atoms with van der Waals surface area (Å²) in [5.41, 5.74) is 1.72. The highest BCUT2D eigenvalue weighted by Crippen LogP contribution is 2.30. The molecule has 1 aromatic heterocycles. The monoisotopic (exact) mass is 451 g/mol. The second-order valence-corrected chi connectivity index (χ2v) is 7.61. The van der Waals surface area contributed by atoms with Crippen LogP contribution in [0.4, 0.5) is 24.5 Å². The van der Waals surface area contributed by atoms with Crippen LogP contribution in [0.1, 0.15) is 34.5 Å². The summed E-state index contributed by atoms with van der Waals surface area (Å²) in [5, 5.41) is 6.61. The number of amides is 1. The number of carbonyl (C=O) groups is 1. The number of aromatic amines is 1. The maximum absolute atomic E-state index is 12.9. The average molecular weight is 451 g/mol. The molecule has 1 amide bonds. The fourth-order valence-corrected chi connectivity index (χ4v) is 3.55. The molecular formula is C25H20F3N3O2. The fourth-order valence-electron chi connectivity index (χ4n) is 3.55. The standard InChI is InChI=1S/C25H20F3N3O2/c1-15(29-24(33)21-14-23(32)31-22-8-3-2-7-20(21)22)16-5-4-6-19(13-16)30-18-11-9-17(10-12-18)25(26,27)28/h2-15,30H,1H3,(H,29,33)(H,31,32). The predicted octanol–water partition coefficient (Wildman–Crippen LogP) is 5.78. The first-order chi connectivity index (χ1) is 15.7. The van der Waals surface area contributed by atoms with Gasteiger partial charge in [-0.05, 0) is 55.0 Å². The van der Waals surface area contributed by atoms with Crippen LogP contribution in [-0.4, -0.2) is 10.9 Å². The summed E-state index contributed by atoms with van der Waals surface area (Å²) in [7, 11) is 0. The number of para-hydroxylation sites is 1. The fraction of sp³-hybridized carbons (Fsp3) is 0.120. The molecule has 1 unspecified atom stereocenters. The number of nitrogens with one attached hydrogen (secondary N) is 3. The summed E-state index contributed by atoms with van der Waals surface area (Å²) in [6, 6.07) is 19.9. The number of aromatic nitrogens is 1. The number of hydrogen-bond donors (Lipinski definition) is 3. The van der Waals surface area contributed by atoms with Crippen molar-refractivity contribution in [2.45, 2.75) is 19.1 Å². The summed E-state index contributed by atoms with van der Waals surface area (Å²) in [4.78, 5) is 27.6. The molecule has 4 rings (SSSR count). The van der Waals surface area contributed by atoms with Crippen LogP contribution >= 0.6 is 0 Å². The Balaban J connectivity index is 1.51. The molecule has 3 N–H and O–H groups in total. The Morgan fingerprint density at radius 3 is 2.36 bits per heavy atom. The van der Waals surface area contributed by atoms with Gasteiger partial charge < -0.3 is 15.6 Å². The summed E-state index contributed by atoms with van der Waals surface area (Å²) >= 11 is 0. The summed E-state index contributed by atoms with van der Waals surface area (Å²) in [6.45, 7) is 1.81. The van der Waals surface area contributed by atoms with Gasteiger partial charge in [0.1, 0.15) is 0 Å². The predicted molar refractivity (Wildman–Crippen MR) is 122 cm³/mol. The summed E-state index contributed by atoms with van der Waals surface area (Å²) < 4.78 is 38.2. The molecule has 0 bridgehead atoms. The quantitative estimate of drug-likeness (QED) is 0.360. The lowest BCUT2D eigenvalue weighted by atomic mass is 10.1. The molecular weight excluding hydrogens is 431 g/mol. The van der Waals surface area contributed by atoms with Crippen LogP contribution < -0.4 is 16.2 Å². The molecule has 1 heterocycles.